The summed E-state index contributed by atoms with van der Waals surface area (Å²) in [5.41, 5.74) is 0.444. The molecule has 11 heteroatoms. The summed E-state index contributed by atoms with van der Waals surface area (Å²) < 4.78 is 43.8. The molecule has 0 radical (unpaired) electrons. The fourth-order valence-electron chi connectivity index (χ4n) is 3.29. The van der Waals surface area contributed by atoms with Gasteiger partial charge in [-0.05, 0) is 36.7 Å². The molecule has 1 saturated heterocycles. The molecule has 1 heterocycles. The smallest absolute Gasteiger partial charge is 0.330 e. The molecule has 0 aromatic heterocycles. The number of benzene rings is 1. The lowest BCUT2D eigenvalue weighted by molar-refractivity contribution is -0.134. The fraction of sp³-hybridized carbons (Fsp3) is 0.524. The predicted octanol–water partition coefficient (Wildman–Crippen LogP) is 0.675. The largest absolute Gasteiger partial charge is 0.493 e. The molecule has 32 heavy (non-hydrogen) atoms. The van der Waals surface area contributed by atoms with Crippen LogP contribution in [0.5, 0.6) is 11.5 Å². The van der Waals surface area contributed by atoms with Gasteiger partial charge in [0.2, 0.25) is 15.9 Å². The lowest BCUT2D eigenvalue weighted by Gasteiger charge is -2.23. The van der Waals surface area contributed by atoms with Gasteiger partial charge < -0.3 is 19.1 Å². The molecule has 0 saturated carbocycles. The zero-order chi connectivity index (χ0) is 23.9. The van der Waals surface area contributed by atoms with Crippen LogP contribution >= 0.6 is 0 Å². The summed E-state index contributed by atoms with van der Waals surface area (Å²) >= 11 is 0. The van der Waals surface area contributed by atoms with Gasteiger partial charge >= 0.3 is 5.97 Å². The number of carbonyl (C=O) groups excluding carboxylic acids is 2. The molecule has 0 aliphatic carbocycles. The average molecular weight is 470 g/mol. The number of ether oxygens (including phenoxy) is 3. The summed E-state index contributed by atoms with van der Waals surface area (Å²) in [7, 11) is 3.49. The highest BCUT2D eigenvalue weighted by Gasteiger charge is 2.32. The van der Waals surface area contributed by atoms with Crippen molar-refractivity contribution in [3.05, 3.63) is 23.8 Å². The maximum absolute atomic E-state index is 13.6. The number of likely N-dealkylation sites (N-methyl/N-ethyl adjacent to an activating group) is 1. The van der Waals surface area contributed by atoms with E-state index in [1.165, 1.54) is 48.8 Å². The molecular formula is C21H31N3O7S. The van der Waals surface area contributed by atoms with Gasteiger partial charge in [0.15, 0.2) is 11.5 Å². The van der Waals surface area contributed by atoms with Crippen LogP contribution in [-0.2, 0) is 24.3 Å². The van der Waals surface area contributed by atoms with Crippen molar-refractivity contribution in [1.82, 2.24) is 14.1 Å². The Kier molecular flexibility index (Phi) is 9.05. The van der Waals surface area contributed by atoms with Gasteiger partial charge in [-0.25, -0.2) is 13.2 Å². The standard InChI is InChI=1S/C21H31N3O7S/c1-22(2)19(25)15-23-9-6-10-24(12-11-23)32(27,28)18-14-16(7-8-20(26)30-4)13-17(29-3)21(18)31-5/h7-8,13-14H,6,9-12,15H2,1-5H3/b8-7+. The van der Waals surface area contributed by atoms with Gasteiger partial charge in [-0.2, -0.15) is 4.31 Å². The molecule has 1 aromatic carbocycles. The molecule has 1 aromatic rings. The van der Waals surface area contributed by atoms with Gasteiger partial charge in [-0.3, -0.25) is 9.69 Å². The Morgan fingerprint density at radius 2 is 1.78 bits per heavy atom. The van der Waals surface area contributed by atoms with Gasteiger partial charge in [-0.1, -0.05) is 0 Å². The summed E-state index contributed by atoms with van der Waals surface area (Å²) in [5.74, 6) is -0.278. The van der Waals surface area contributed by atoms with Crippen LogP contribution < -0.4 is 9.47 Å². The first-order valence-electron chi connectivity index (χ1n) is 10.1. The SMILES string of the molecule is COC(=O)/C=C/c1cc(OC)c(OC)c(S(=O)(=O)N2CCCN(CC(=O)N(C)C)CC2)c1. The molecule has 0 spiro atoms. The number of nitrogens with zero attached hydrogens (tertiary/aromatic N) is 3. The van der Waals surface area contributed by atoms with Crippen molar-refractivity contribution < 1.29 is 32.2 Å². The first kappa shape index (κ1) is 25.6. The van der Waals surface area contributed by atoms with Crippen molar-refractivity contribution in [3.8, 4) is 11.5 Å². The summed E-state index contributed by atoms with van der Waals surface area (Å²) in [6.07, 6.45) is 3.23. The maximum atomic E-state index is 13.6. The van der Waals surface area contributed by atoms with Crippen LogP contribution in [0.3, 0.4) is 0 Å². The topological polar surface area (TPSA) is 106 Å². The van der Waals surface area contributed by atoms with Crippen LogP contribution in [0.2, 0.25) is 0 Å². The molecule has 0 unspecified atom stereocenters. The van der Waals surface area contributed by atoms with E-state index in [2.05, 4.69) is 4.74 Å². The van der Waals surface area contributed by atoms with Crippen LogP contribution in [0.25, 0.3) is 6.08 Å². The number of hydrogen-bond acceptors (Lipinski definition) is 8. The summed E-state index contributed by atoms with van der Waals surface area (Å²) in [5, 5.41) is 0. The van der Waals surface area contributed by atoms with Crippen molar-refractivity contribution >= 4 is 28.0 Å². The highest BCUT2D eigenvalue weighted by molar-refractivity contribution is 7.89. The minimum atomic E-state index is -3.94. The highest BCUT2D eigenvalue weighted by atomic mass is 32.2. The van der Waals surface area contributed by atoms with Crippen molar-refractivity contribution in [2.75, 3.05) is 68.1 Å². The molecule has 1 aliphatic rings. The third-order valence-corrected chi connectivity index (χ3v) is 7.01. The van der Waals surface area contributed by atoms with E-state index >= 15 is 0 Å². The van der Waals surface area contributed by atoms with Gasteiger partial charge in [0.1, 0.15) is 4.90 Å². The Morgan fingerprint density at radius 3 is 2.38 bits per heavy atom. The number of hydrogen-bond donors (Lipinski definition) is 0. The first-order valence-corrected chi connectivity index (χ1v) is 11.5. The lowest BCUT2D eigenvalue weighted by Crippen LogP contribution is -2.39. The van der Waals surface area contributed by atoms with E-state index in [0.717, 1.165) is 0 Å². The minimum absolute atomic E-state index is 0.0298. The Balaban J connectivity index is 2.36. The van der Waals surface area contributed by atoms with Crippen molar-refractivity contribution in [2.45, 2.75) is 11.3 Å². The third-order valence-electron chi connectivity index (χ3n) is 5.10. The monoisotopic (exact) mass is 469 g/mol. The number of esters is 1. The molecule has 178 valence electrons. The molecule has 10 nitrogen and oxygen atoms in total. The van der Waals surface area contributed by atoms with E-state index in [1.807, 2.05) is 4.90 Å². The van der Waals surface area contributed by atoms with Gasteiger partial charge in [0.25, 0.3) is 0 Å². The van der Waals surface area contributed by atoms with E-state index in [1.54, 1.807) is 20.2 Å². The molecular weight excluding hydrogens is 438 g/mol. The van der Waals surface area contributed by atoms with Crippen LogP contribution in [-0.4, -0.2) is 103 Å². The molecule has 1 fully saturated rings. The van der Waals surface area contributed by atoms with E-state index in [4.69, 9.17) is 9.47 Å². The summed E-state index contributed by atoms with van der Waals surface area (Å²) in [6, 6.07) is 3.02. The fourth-order valence-corrected chi connectivity index (χ4v) is 4.96. The minimum Gasteiger partial charge on any atom is -0.493 e. The molecule has 2 rings (SSSR count). The highest BCUT2D eigenvalue weighted by Crippen LogP contribution is 2.37. The van der Waals surface area contributed by atoms with Crippen molar-refractivity contribution in [1.29, 1.82) is 0 Å². The second-order valence-corrected chi connectivity index (χ2v) is 9.34. The first-order chi connectivity index (χ1) is 15.1. The Bertz CT molecular complexity index is 960. The second kappa shape index (κ2) is 11.3. The Hall–Kier alpha value is -2.63. The van der Waals surface area contributed by atoms with Crippen LogP contribution in [0.15, 0.2) is 23.1 Å². The number of sulfonamides is 1. The van der Waals surface area contributed by atoms with Crippen molar-refractivity contribution in [3.63, 3.8) is 0 Å². The van der Waals surface area contributed by atoms with Crippen molar-refractivity contribution in [2.24, 2.45) is 0 Å². The number of carbonyl (C=O) groups is 2. The maximum Gasteiger partial charge on any atom is 0.330 e. The van der Waals surface area contributed by atoms with E-state index in [-0.39, 0.29) is 35.4 Å². The van der Waals surface area contributed by atoms with Gasteiger partial charge in [0.05, 0.1) is 27.9 Å². The number of methoxy groups -OCH3 is 3. The molecule has 1 amide bonds. The molecule has 1 aliphatic heterocycles. The quantitative estimate of drug-likeness (QED) is 0.404. The average Bonchev–Trinajstić information content (AvgIpc) is 3.02. The zero-order valence-corrected chi connectivity index (χ0v) is 20.0. The summed E-state index contributed by atoms with van der Waals surface area (Å²) in [6.45, 7) is 1.83. The second-order valence-electron chi connectivity index (χ2n) is 7.43. The third kappa shape index (κ3) is 6.21. The molecule has 0 bridgehead atoms. The predicted molar refractivity (Wildman–Crippen MR) is 119 cm³/mol. The normalized spacial score (nSPS) is 15.9. The lowest BCUT2D eigenvalue weighted by atomic mass is 10.2. The molecule has 0 atom stereocenters. The van der Waals surface area contributed by atoms with E-state index < -0.39 is 16.0 Å². The van der Waals surface area contributed by atoms with Crippen LogP contribution in [0, 0.1) is 0 Å². The Labute approximate surface area is 189 Å². The van der Waals surface area contributed by atoms with Gasteiger partial charge in [-0.15, -0.1) is 0 Å². The van der Waals surface area contributed by atoms with E-state index in [0.29, 0.717) is 31.6 Å². The van der Waals surface area contributed by atoms with Crippen LogP contribution in [0.4, 0.5) is 0 Å². The Morgan fingerprint density at radius 1 is 1.06 bits per heavy atom. The molecule has 0 N–H and O–H groups in total. The van der Waals surface area contributed by atoms with Crippen LogP contribution in [0.1, 0.15) is 12.0 Å². The zero-order valence-electron chi connectivity index (χ0n) is 19.2. The number of rotatable bonds is 8. The summed E-state index contributed by atoms with van der Waals surface area (Å²) in [4.78, 5) is 26.9. The van der Waals surface area contributed by atoms with E-state index in [9.17, 15) is 18.0 Å². The van der Waals surface area contributed by atoms with Gasteiger partial charge in [0, 0.05) is 39.8 Å². The number of amides is 1.